The van der Waals surface area contributed by atoms with Crippen LogP contribution in [0.4, 0.5) is 18.9 Å². The highest BCUT2D eigenvalue weighted by Gasteiger charge is 2.32. The van der Waals surface area contributed by atoms with Gasteiger partial charge < -0.3 is 0 Å². The molecule has 0 saturated heterocycles. The SMILES string of the molecule is Cn1ncc2cccc(NS(=O)(=O)CCCn3cc(C(F)(F)F)cn3)c21. The lowest BCUT2D eigenvalue weighted by atomic mass is 10.2. The van der Waals surface area contributed by atoms with Crippen molar-refractivity contribution < 1.29 is 21.6 Å². The van der Waals surface area contributed by atoms with Crippen LogP contribution in [0.5, 0.6) is 0 Å². The summed E-state index contributed by atoms with van der Waals surface area (Å²) in [5, 5.41) is 8.49. The topological polar surface area (TPSA) is 81.8 Å². The molecule has 3 aromatic rings. The van der Waals surface area contributed by atoms with Gasteiger partial charge in [-0.2, -0.15) is 23.4 Å². The standard InChI is InChI=1S/C15H16F3N5O2S/c1-22-14-11(8-19-22)4-2-5-13(14)21-26(24,25)7-3-6-23-10-12(9-20-23)15(16,17)18/h2,4-5,8-10,21H,3,6-7H2,1H3. The van der Waals surface area contributed by atoms with Crippen LogP contribution in [0.25, 0.3) is 10.9 Å². The van der Waals surface area contributed by atoms with E-state index in [0.29, 0.717) is 11.2 Å². The first kappa shape index (κ1) is 18.2. The predicted octanol–water partition coefficient (Wildman–Crippen LogP) is 2.62. The third-order valence-electron chi connectivity index (χ3n) is 3.79. The molecule has 0 radical (unpaired) electrons. The van der Waals surface area contributed by atoms with E-state index in [1.165, 1.54) is 0 Å². The molecule has 0 spiro atoms. The second kappa shape index (κ2) is 6.63. The summed E-state index contributed by atoms with van der Waals surface area (Å²) in [6, 6.07) is 5.16. The fourth-order valence-corrected chi connectivity index (χ4v) is 3.69. The zero-order valence-corrected chi connectivity index (χ0v) is 14.5. The third kappa shape index (κ3) is 3.98. The van der Waals surface area contributed by atoms with E-state index in [0.717, 1.165) is 22.5 Å². The van der Waals surface area contributed by atoms with Gasteiger partial charge in [-0.3, -0.25) is 14.1 Å². The summed E-state index contributed by atoms with van der Waals surface area (Å²) in [6.07, 6.45) is -1.14. The van der Waals surface area contributed by atoms with Crippen LogP contribution in [-0.2, 0) is 29.8 Å². The highest BCUT2D eigenvalue weighted by Crippen LogP contribution is 2.28. The molecule has 2 heterocycles. The lowest BCUT2D eigenvalue weighted by Gasteiger charge is -2.10. The van der Waals surface area contributed by atoms with Gasteiger partial charge in [-0.1, -0.05) is 12.1 Å². The van der Waals surface area contributed by atoms with E-state index in [9.17, 15) is 21.6 Å². The fourth-order valence-electron chi connectivity index (χ4n) is 2.58. The number of halogens is 3. The van der Waals surface area contributed by atoms with E-state index in [1.54, 1.807) is 30.1 Å². The summed E-state index contributed by atoms with van der Waals surface area (Å²) >= 11 is 0. The van der Waals surface area contributed by atoms with Crippen molar-refractivity contribution in [3.63, 3.8) is 0 Å². The maximum absolute atomic E-state index is 12.5. The average Bonchev–Trinajstić information content (AvgIpc) is 3.14. The molecule has 0 aliphatic carbocycles. The molecule has 0 atom stereocenters. The van der Waals surface area contributed by atoms with E-state index in [4.69, 9.17) is 0 Å². The van der Waals surface area contributed by atoms with Gasteiger partial charge >= 0.3 is 6.18 Å². The van der Waals surface area contributed by atoms with Gasteiger partial charge in [-0.15, -0.1) is 0 Å². The van der Waals surface area contributed by atoms with Gasteiger partial charge in [0.15, 0.2) is 0 Å². The van der Waals surface area contributed by atoms with Crippen LogP contribution < -0.4 is 4.72 Å². The maximum atomic E-state index is 12.5. The van der Waals surface area contributed by atoms with Crippen LogP contribution in [0.1, 0.15) is 12.0 Å². The van der Waals surface area contributed by atoms with Crippen LogP contribution in [0.15, 0.2) is 36.8 Å². The number of para-hydroxylation sites is 1. The van der Waals surface area contributed by atoms with Crippen molar-refractivity contribution in [2.45, 2.75) is 19.1 Å². The van der Waals surface area contributed by atoms with Gasteiger partial charge in [0, 0.05) is 25.2 Å². The lowest BCUT2D eigenvalue weighted by molar-refractivity contribution is -0.137. The molecule has 0 unspecified atom stereocenters. The molecule has 3 rings (SSSR count). The number of benzene rings is 1. The van der Waals surface area contributed by atoms with Gasteiger partial charge in [0.1, 0.15) is 0 Å². The molecular formula is C15H16F3N5O2S. The number of aryl methyl sites for hydroxylation is 2. The second-order valence-corrected chi connectivity index (χ2v) is 7.62. The zero-order chi connectivity index (χ0) is 18.9. The number of nitrogens with zero attached hydrogens (tertiary/aromatic N) is 4. The van der Waals surface area contributed by atoms with Crippen molar-refractivity contribution >= 4 is 26.6 Å². The molecular weight excluding hydrogens is 371 g/mol. The molecule has 0 amide bonds. The number of rotatable bonds is 6. The van der Waals surface area contributed by atoms with Crippen molar-refractivity contribution in [2.24, 2.45) is 7.05 Å². The maximum Gasteiger partial charge on any atom is 0.419 e. The molecule has 26 heavy (non-hydrogen) atoms. The first-order valence-electron chi connectivity index (χ1n) is 7.66. The van der Waals surface area contributed by atoms with E-state index < -0.39 is 21.8 Å². The molecule has 0 aliphatic rings. The van der Waals surface area contributed by atoms with Gasteiger partial charge in [-0.05, 0) is 12.5 Å². The van der Waals surface area contributed by atoms with Crippen molar-refractivity contribution in [3.05, 3.63) is 42.4 Å². The predicted molar refractivity (Wildman–Crippen MR) is 90.0 cm³/mol. The smallest absolute Gasteiger partial charge is 0.281 e. The minimum atomic E-state index is -4.46. The van der Waals surface area contributed by atoms with E-state index in [1.807, 2.05) is 6.07 Å². The number of anilines is 1. The first-order valence-corrected chi connectivity index (χ1v) is 9.32. The van der Waals surface area contributed by atoms with E-state index in [-0.39, 0.29) is 18.7 Å². The monoisotopic (exact) mass is 387 g/mol. The summed E-state index contributed by atoms with van der Waals surface area (Å²) in [4.78, 5) is 0. The summed E-state index contributed by atoms with van der Waals surface area (Å²) in [6.45, 7) is 0.0624. The number of sulfonamides is 1. The molecule has 140 valence electrons. The van der Waals surface area contributed by atoms with Gasteiger partial charge in [0.05, 0.1) is 34.9 Å². The Kier molecular flexibility index (Phi) is 4.65. The van der Waals surface area contributed by atoms with E-state index in [2.05, 4.69) is 14.9 Å². The number of nitrogens with one attached hydrogen (secondary N) is 1. The van der Waals surface area contributed by atoms with Crippen LogP contribution >= 0.6 is 0 Å². The average molecular weight is 387 g/mol. The summed E-state index contributed by atoms with van der Waals surface area (Å²) in [5.41, 5.74) is 0.195. The Balaban J connectivity index is 1.64. The molecule has 2 aromatic heterocycles. The molecule has 11 heteroatoms. The minimum absolute atomic E-state index is 0.0624. The minimum Gasteiger partial charge on any atom is -0.281 e. The number of hydrogen-bond acceptors (Lipinski definition) is 4. The number of hydrogen-bond donors (Lipinski definition) is 1. The number of alkyl halides is 3. The normalized spacial score (nSPS) is 12.6. The Morgan fingerprint density at radius 1 is 1.19 bits per heavy atom. The second-order valence-electron chi connectivity index (χ2n) is 5.78. The fraction of sp³-hybridized carbons (Fsp3) is 0.333. The summed E-state index contributed by atoms with van der Waals surface area (Å²) in [5.74, 6) is -0.248. The molecule has 0 fully saturated rings. The molecule has 1 aromatic carbocycles. The molecule has 0 aliphatic heterocycles. The third-order valence-corrected chi connectivity index (χ3v) is 5.14. The Bertz CT molecular complexity index is 1020. The Hall–Kier alpha value is -2.56. The van der Waals surface area contributed by atoms with Gasteiger partial charge in [0.2, 0.25) is 10.0 Å². The van der Waals surface area contributed by atoms with Crippen LogP contribution in [0.3, 0.4) is 0 Å². The van der Waals surface area contributed by atoms with Crippen molar-refractivity contribution in [3.8, 4) is 0 Å². The largest absolute Gasteiger partial charge is 0.419 e. The van der Waals surface area contributed by atoms with Crippen molar-refractivity contribution in [1.82, 2.24) is 19.6 Å². The van der Waals surface area contributed by atoms with Crippen LogP contribution in [0, 0.1) is 0 Å². The lowest BCUT2D eigenvalue weighted by Crippen LogP contribution is -2.18. The zero-order valence-electron chi connectivity index (χ0n) is 13.7. The molecule has 0 bridgehead atoms. The quantitative estimate of drug-likeness (QED) is 0.705. The van der Waals surface area contributed by atoms with Gasteiger partial charge in [-0.25, -0.2) is 8.42 Å². The first-order chi connectivity index (χ1) is 12.2. The van der Waals surface area contributed by atoms with Gasteiger partial charge in [0.25, 0.3) is 0 Å². The van der Waals surface area contributed by atoms with Crippen molar-refractivity contribution in [1.29, 1.82) is 0 Å². The number of fused-ring (bicyclic) bond motifs is 1. The van der Waals surface area contributed by atoms with Crippen molar-refractivity contribution in [2.75, 3.05) is 10.5 Å². The molecule has 7 nitrogen and oxygen atoms in total. The van der Waals surface area contributed by atoms with E-state index >= 15 is 0 Å². The molecule has 1 N–H and O–H groups in total. The summed E-state index contributed by atoms with van der Waals surface area (Å²) < 4.78 is 67.3. The highest BCUT2D eigenvalue weighted by molar-refractivity contribution is 7.92. The molecule has 0 saturated carbocycles. The Labute approximate surface area is 147 Å². The number of aromatic nitrogens is 4. The van der Waals surface area contributed by atoms with Crippen LogP contribution in [-0.4, -0.2) is 33.7 Å². The Morgan fingerprint density at radius 3 is 2.65 bits per heavy atom. The summed E-state index contributed by atoms with van der Waals surface area (Å²) in [7, 11) is -1.96. The Morgan fingerprint density at radius 2 is 1.96 bits per heavy atom. The van der Waals surface area contributed by atoms with Crippen LogP contribution in [0.2, 0.25) is 0 Å². The highest BCUT2D eigenvalue weighted by atomic mass is 32.2.